The molecule has 2 aromatic heterocycles. The van der Waals surface area contributed by atoms with Crippen LogP contribution in [0.3, 0.4) is 0 Å². The third kappa shape index (κ3) is 4.79. The van der Waals surface area contributed by atoms with Gasteiger partial charge in [-0.3, -0.25) is 4.79 Å². The number of anilines is 1. The number of aromatic nitrogens is 3. The van der Waals surface area contributed by atoms with Crippen molar-refractivity contribution in [3.05, 3.63) is 101 Å². The van der Waals surface area contributed by atoms with Crippen molar-refractivity contribution in [2.45, 2.75) is 25.8 Å². The van der Waals surface area contributed by atoms with Crippen LogP contribution in [0.4, 0.5) is 10.2 Å². The number of hydrogen-bond donors (Lipinski definition) is 2. The van der Waals surface area contributed by atoms with E-state index in [4.69, 9.17) is 10.7 Å². The molecule has 0 bridgehead atoms. The number of nitrogen functional groups attached to an aromatic ring is 1. The van der Waals surface area contributed by atoms with Gasteiger partial charge in [-0.05, 0) is 55.2 Å². The number of fused-ring (bicyclic) bond motifs is 2. The Morgan fingerprint density at radius 2 is 1.69 bits per heavy atom. The topological polar surface area (TPSA) is 98.2 Å². The van der Waals surface area contributed by atoms with Gasteiger partial charge in [0.15, 0.2) is 5.65 Å². The number of amides is 1. The van der Waals surface area contributed by atoms with Gasteiger partial charge in [-0.15, -0.1) is 0 Å². The van der Waals surface area contributed by atoms with E-state index in [1.54, 1.807) is 12.1 Å². The van der Waals surface area contributed by atoms with Gasteiger partial charge in [0.25, 0.3) is 5.91 Å². The summed E-state index contributed by atoms with van der Waals surface area (Å²) < 4.78 is 14.7. The highest BCUT2D eigenvalue weighted by Gasteiger charge is 2.25. The number of carbonyl (C=O) groups is 1. The van der Waals surface area contributed by atoms with Crippen molar-refractivity contribution in [1.82, 2.24) is 20.0 Å². The number of benzene rings is 3. The predicted octanol–water partition coefficient (Wildman–Crippen LogP) is 4.94. The molecule has 3 N–H and O–H groups in total. The summed E-state index contributed by atoms with van der Waals surface area (Å²) in [4.78, 5) is 22.8. The molecular weight excluding hydrogens is 455 g/mol. The molecule has 1 amide bonds. The number of aryl methyl sites for hydroxylation is 1. The first-order valence-corrected chi connectivity index (χ1v) is 11.7. The van der Waals surface area contributed by atoms with Crippen LogP contribution in [0.5, 0.6) is 0 Å². The fraction of sp³-hybridized carbons (Fsp3) is 0.143. The van der Waals surface area contributed by atoms with Gasteiger partial charge < -0.3 is 11.1 Å². The van der Waals surface area contributed by atoms with Gasteiger partial charge in [-0.1, -0.05) is 54.6 Å². The highest BCUT2D eigenvalue weighted by molar-refractivity contribution is 6.10. The molecule has 0 fully saturated rings. The zero-order chi connectivity index (χ0) is 25.1. The molecule has 8 heteroatoms. The van der Waals surface area contributed by atoms with E-state index in [-0.39, 0.29) is 29.1 Å². The number of halogens is 1. The number of nitrogens with zero attached hydrogens (tertiary/aromatic N) is 4. The second-order valence-electron chi connectivity index (χ2n) is 8.65. The molecule has 0 radical (unpaired) electrons. The first kappa shape index (κ1) is 23.2. The third-order valence-electron chi connectivity index (χ3n) is 5.98. The Morgan fingerprint density at radius 1 is 1.03 bits per heavy atom. The van der Waals surface area contributed by atoms with Crippen LogP contribution in [-0.4, -0.2) is 32.8 Å². The standard InChI is InChI=1S/C28H25FN6O/c1-18(11-12-19-7-3-2-4-8-19)32-28(36)24-25-27(34-23-10-6-5-9-22(23)33-25)35(26(24)30)31-17-20-13-15-21(29)16-14-20/h2-10,13-18H,11-12,30H2,1H3,(H,32,36)/b31-17-/t18-/m1/s1. The van der Waals surface area contributed by atoms with E-state index >= 15 is 0 Å². The van der Waals surface area contributed by atoms with Gasteiger partial charge >= 0.3 is 0 Å². The maximum Gasteiger partial charge on any atom is 0.257 e. The normalized spacial score (nSPS) is 12.4. The van der Waals surface area contributed by atoms with Crippen molar-refractivity contribution in [3.63, 3.8) is 0 Å². The van der Waals surface area contributed by atoms with Gasteiger partial charge in [-0.2, -0.15) is 9.78 Å². The monoisotopic (exact) mass is 480 g/mol. The second-order valence-corrected chi connectivity index (χ2v) is 8.65. The zero-order valence-electron chi connectivity index (χ0n) is 19.7. The molecule has 36 heavy (non-hydrogen) atoms. The van der Waals surface area contributed by atoms with Gasteiger partial charge in [0.2, 0.25) is 0 Å². The number of rotatable bonds is 7. The average molecular weight is 481 g/mol. The van der Waals surface area contributed by atoms with Crippen molar-refractivity contribution in [3.8, 4) is 0 Å². The average Bonchev–Trinajstić information content (AvgIpc) is 3.16. The molecule has 5 aromatic rings. The minimum absolute atomic E-state index is 0.0911. The lowest BCUT2D eigenvalue weighted by Gasteiger charge is -2.14. The Hall–Kier alpha value is -4.59. The molecule has 0 aliphatic heterocycles. The largest absolute Gasteiger partial charge is 0.383 e. The van der Waals surface area contributed by atoms with Crippen molar-refractivity contribution in [1.29, 1.82) is 0 Å². The third-order valence-corrected chi connectivity index (χ3v) is 5.98. The minimum Gasteiger partial charge on any atom is -0.383 e. The Bertz CT molecular complexity index is 1560. The van der Waals surface area contributed by atoms with Gasteiger partial charge in [0, 0.05) is 6.04 Å². The van der Waals surface area contributed by atoms with Crippen LogP contribution in [0, 0.1) is 5.82 Å². The van der Waals surface area contributed by atoms with E-state index in [9.17, 15) is 9.18 Å². The molecule has 5 rings (SSSR count). The Kier molecular flexibility index (Phi) is 6.40. The Balaban J connectivity index is 1.49. The van der Waals surface area contributed by atoms with E-state index in [0.717, 1.165) is 12.8 Å². The lowest BCUT2D eigenvalue weighted by molar-refractivity contribution is 0.0940. The summed E-state index contributed by atoms with van der Waals surface area (Å²) in [6.07, 6.45) is 3.15. The van der Waals surface area contributed by atoms with E-state index in [0.29, 0.717) is 27.8 Å². The zero-order valence-corrected chi connectivity index (χ0v) is 19.7. The van der Waals surface area contributed by atoms with E-state index in [1.165, 1.54) is 28.6 Å². The first-order chi connectivity index (χ1) is 17.5. The summed E-state index contributed by atoms with van der Waals surface area (Å²) in [5.74, 6) is -0.541. The summed E-state index contributed by atoms with van der Waals surface area (Å²) >= 11 is 0. The highest BCUT2D eigenvalue weighted by Crippen LogP contribution is 2.28. The van der Waals surface area contributed by atoms with Gasteiger partial charge in [0.1, 0.15) is 22.7 Å². The van der Waals surface area contributed by atoms with Crippen LogP contribution in [0.1, 0.15) is 34.8 Å². The lowest BCUT2D eigenvalue weighted by atomic mass is 10.1. The van der Waals surface area contributed by atoms with E-state index in [2.05, 4.69) is 27.5 Å². The van der Waals surface area contributed by atoms with E-state index in [1.807, 2.05) is 49.4 Å². The predicted molar refractivity (Wildman–Crippen MR) is 141 cm³/mol. The van der Waals surface area contributed by atoms with Crippen LogP contribution >= 0.6 is 0 Å². The fourth-order valence-electron chi connectivity index (χ4n) is 4.06. The molecule has 0 aliphatic rings. The molecule has 1 atom stereocenters. The van der Waals surface area contributed by atoms with E-state index < -0.39 is 0 Å². The molecule has 0 spiro atoms. The molecule has 2 heterocycles. The van der Waals surface area contributed by atoms with Crippen LogP contribution in [0.2, 0.25) is 0 Å². The molecule has 180 valence electrons. The molecule has 0 aliphatic carbocycles. The second kappa shape index (κ2) is 9.95. The first-order valence-electron chi connectivity index (χ1n) is 11.7. The highest BCUT2D eigenvalue weighted by atomic mass is 19.1. The molecule has 3 aromatic carbocycles. The SMILES string of the molecule is C[C@H](CCc1ccccc1)NC(=O)c1c(N)n(/N=C\c2ccc(F)cc2)c2nc3ccccc3nc12. The summed E-state index contributed by atoms with van der Waals surface area (Å²) in [5, 5.41) is 7.51. The van der Waals surface area contributed by atoms with Crippen molar-refractivity contribution < 1.29 is 9.18 Å². The maximum absolute atomic E-state index is 13.4. The number of para-hydroxylation sites is 2. The van der Waals surface area contributed by atoms with Crippen LogP contribution < -0.4 is 11.1 Å². The number of nitrogens with one attached hydrogen (secondary N) is 1. The number of nitrogens with two attached hydrogens (primary N) is 1. The lowest BCUT2D eigenvalue weighted by Crippen LogP contribution is -2.33. The maximum atomic E-state index is 13.4. The van der Waals surface area contributed by atoms with Gasteiger partial charge in [0.05, 0.1) is 17.2 Å². The molecule has 0 saturated carbocycles. The number of hydrogen-bond acceptors (Lipinski definition) is 5. The Morgan fingerprint density at radius 3 is 2.42 bits per heavy atom. The molecular formula is C28H25FN6O. The fourth-order valence-corrected chi connectivity index (χ4v) is 4.06. The number of carbonyl (C=O) groups excluding carboxylic acids is 1. The molecule has 0 unspecified atom stereocenters. The minimum atomic E-state index is -0.337. The summed E-state index contributed by atoms with van der Waals surface area (Å²) in [7, 11) is 0. The molecule has 7 nitrogen and oxygen atoms in total. The van der Waals surface area contributed by atoms with Crippen molar-refractivity contribution in [2.75, 3.05) is 5.73 Å². The summed E-state index contributed by atoms with van der Waals surface area (Å²) in [6, 6.07) is 23.3. The van der Waals surface area contributed by atoms with Crippen LogP contribution in [0.15, 0.2) is 84.0 Å². The van der Waals surface area contributed by atoms with Crippen molar-refractivity contribution >= 4 is 40.1 Å². The van der Waals surface area contributed by atoms with Gasteiger partial charge in [-0.25, -0.2) is 14.4 Å². The van der Waals surface area contributed by atoms with Crippen LogP contribution in [-0.2, 0) is 6.42 Å². The quantitative estimate of drug-likeness (QED) is 0.323. The summed E-state index contributed by atoms with van der Waals surface area (Å²) in [6.45, 7) is 1.96. The molecule has 0 saturated heterocycles. The smallest absolute Gasteiger partial charge is 0.257 e. The van der Waals surface area contributed by atoms with Crippen molar-refractivity contribution in [2.24, 2.45) is 5.10 Å². The van der Waals surface area contributed by atoms with Crippen LogP contribution in [0.25, 0.3) is 22.2 Å². The summed E-state index contributed by atoms with van der Waals surface area (Å²) in [5.41, 5.74) is 10.6. The Labute approximate surface area is 207 Å².